The van der Waals surface area contributed by atoms with Crippen molar-refractivity contribution in [3.63, 3.8) is 0 Å². The molecule has 0 saturated heterocycles. The van der Waals surface area contributed by atoms with Crippen LogP contribution in [0.4, 0.5) is 0 Å². The molecule has 0 spiro atoms. The Bertz CT molecular complexity index is 898. The fourth-order valence-corrected chi connectivity index (χ4v) is 2.24. The number of phenolic OH excluding ortho intramolecular Hbond substituents is 2. The first-order valence-corrected chi connectivity index (χ1v) is 7.62. The van der Waals surface area contributed by atoms with Gasteiger partial charge in [0, 0.05) is 6.07 Å². The van der Waals surface area contributed by atoms with Gasteiger partial charge in [0.25, 0.3) is 0 Å². The monoisotopic (exact) mass is 350 g/mol. The second-order valence-electron chi connectivity index (χ2n) is 5.31. The third-order valence-electron chi connectivity index (χ3n) is 3.53. The first-order valence-electron chi connectivity index (χ1n) is 7.62. The predicted octanol–water partition coefficient (Wildman–Crippen LogP) is 4.08. The molecule has 2 N–H and O–H groups in total. The zero-order chi connectivity index (χ0) is 18.5. The van der Waals surface area contributed by atoms with Gasteiger partial charge in [-0.2, -0.15) is 0 Å². The summed E-state index contributed by atoms with van der Waals surface area (Å²) in [5, 5.41) is 19.8. The Morgan fingerprint density at radius 1 is 0.769 bits per heavy atom. The first kappa shape index (κ1) is 17.0. The van der Waals surface area contributed by atoms with Crippen LogP contribution < -0.4 is 0 Å². The van der Waals surface area contributed by atoms with Gasteiger partial charge in [0.15, 0.2) is 11.6 Å². The second kappa shape index (κ2) is 7.40. The molecule has 0 unspecified atom stereocenters. The van der Waals surface area contributed by atoms with Gasteiger partial charge >= 0.3 is 0 Å². The summed E-state index contributed by atoms with van der Waals surface area (Å²) < 4.78 is 10.2. The van der Waals surface area contributed by atoms with E-state index in [0.717, 1.165) is 12.1 Å². The summed E-state index contributed by atoms with van der Waals surface area (Å²) in [5.74, 6) is -0.999. The third-order valence-corrected chi connectivity index (χ3v) is 3.53. The summed E-state index contributed by atoms with van der Waals surface area (Å²) in [6.45, 7) is 0. The van der Waals surface area contributed by atoms with Crippen LogP contribution in [0.1, 0.15) is 32.2 Å². The summed E-state index contributed by atoms with van der Waals surface area (Å²) in [6.07, 6.45) is 8.21. The fourth-order valence-electron chi connectivity index (χ4n) is 2.24. The van der Waals surface area contributed by atoms with E-state index >= 15 is 0 Å². The molecular weight excluding hydrogens is 336 g/mol. The highest BCUT2D eigenvalue weighted by atomic mass is 16.3. The molecule has 0 radical (unpaired) electrons. The Balaban J connectivity index is 1.86. The van der Waals surface area contributed by atoms with Crippen LogP contribution >= 0.6 is 0 Å². The lowest BCUT2D eigenvalue weighted by atomic mass is 10.0. The van der Waals surface area contributed by atoms with Gasteiger partial charge < -0.3 is 19.0 Å². The number of allylic oxidation sites excluding steroid dienone is 2. The Labute approximate surface area is 148 Å². The van der Waals surface area contributed by atoms with Crippen molar-refractivity contribution in [1.29, 1.82) is 0 Å². The van der Waals surface area contributed by atoms with Crippen molar-refractivity contribution < 1.29 is 28.6 Å². The molecule has 0 aliphatic heterocycles. The van der Waals surface area contributed by atoms with E-state index in [0.29, 0.717) is 11.5 Å². The molecule has 2 heterocycles. The average Bonchev–Trinajstić information content (AvgIpc) is 3.31. The molecule has 1 aromatic carbocycles. The van der Waals surface area contributed by atoms with E-state index < -0.39 is 23.1 Å². The number of carbonyl (C=O) groups is 2. The lowest BCUT2D eigenvalue weighted by Crippen LogP contribution is -2.01. The number of carbonyl (C=O) groups excluding carboxylic acids is 2. The summed E-state index contributed by atoms with van der Waals surface area (Å²) in [7, 11) is 0. The van der Waals surface area contributed by atoms with E-state index in [1.807, 2.05) is 0 Å². The fraction of sp³-hybridized carbons (Fsp3) is 0. The quantitative estimate of drug-likeness (QED) is 0.513. The van der Waals surface area contributed by atoms with Crippen LogP contribution in [0.3, 0.4) is 0 Å². The number of hydrogen-bond donors (Lipinski definition) is 2. The molecule has 3 aromatic rings. The van der Waals surface area contributed by atoms with Gasteiger partial charge in [0.1, 0.15) is 23.0 Å². The van der Waals surface area contributed by atoms with Gasteiger partial charge in [0.2, 0.25) is 0 Å². The Morgan fingerprint density at radius 2 is 1.23 bits per heavy atom. The van der Waals surface area contributed by atoms with Gasteiger partial charge in [0.05, 0.1) is 23.7 Å². The highest BCUT2D eigenvalue weighted by molar-refractivity contribution is 6.13. The Kier molecular flexibility index (Phi) is 4.85. The van der Waals surface area contributed by atoms with Crippen molar-refractivity contribution in [3.05, 3.63) is 83.7 Å². The van der Waals surface area contributed by atoms with Crippen LogP contribution in [0.5, 0.6) is 11.5 Å². The van der Waals surface area contributed by atoms with E-state index in [-0.39, 0.29) is 11.1 Å². The van der Waals surface area contributed by atoms with Crippen molar-refractivity contribution in [3.8, 4) is 11.5 Å². The molecule has 0 aliphatic carbocycles. The summed E-state index contributed by atoms with van der Waals surface area (Å²) in [5.41, 5.74) is -0.222. The van der Waals surface area contributed by atoms with Gasteiger partial charge in [-0.3, -0.25) is 9.59 Å². The number of phenols is 2. The molecule has 0 aliphatic rings. The van der Waals surface area contributed by atoms with E-state index in [9.17, 15) is 19.8 Å². The molecule has 2 aromatic heterocycles. The van der Waals surface area contributed by atoms with Crippen molar-refractivity contribution in [1.82, 2.24) is 0 Å². The normalized spacial score (nSPS) is 11.4. The summed E-state index contributed by atoms with van der Waals surface area (Å²) >= 11 is 0. The zero-order valence-electron chi connectivity index (χ0n) is 13.5. The number of hydrogen-bond acceptors (Lipinski definition) is 6. The van der Waals surface area contributed by atoms with Gasteiger partial charge in [-0.25, -0.2) is 0 Å². The molecular formula is C20H14O6. The molecule has 26 heavy (non-hydrogen) atoms. The van der Waals surface area contributed by atoms with Crippen molar-refractivity contribution in [2.45, 2.75) is 0 Å². The lowest BCUT2D eigenvalue weighted by Gasteiger charge is -2.06. The maximum atomic E-state index is 12.3. The largest absolute Gasteiger partial charge is 0.507 e. The SMILES string of the molecule is O=C(/C=C/c1ccco1)c1cc(C(=O)/C=C/c2ccco2)c(O)cc1O. The zero-order valence-corrected chi connectivity index (χ0v) is 13.5. The van der Waals surface area contributed by atoms with Gasteiger partial charge in [-0.05, 0) is 54.6 Å². The van der Waals surface area contributed by atoms with E-state index in [2.05, 4.69) is 0 Å². The number of benzene rings is 1. The molecule has 130 valence electrons. The number of rotatable bonds is 6. The van der Waals surface area contributed by atoms with Crippen molar-refractivity contribution in [2.24, 2.45) is 0 Å². The Morgan fingerprint density at radius 3 is 1.62 bits per heavy atom. The molecule has 0 bridgehead atoms. The molecule has 6 nitrogen and oxygen atoms in total. The van der Waals surface area contributed by atoms with Gasteiger partial charge in [-0.1, -0.05) is 0 Å². The Hall–Kier alpha value is -3.80. The van der Waals surface area contributed by atoms with E-state index in [4.69, 9.17) is 8.83 Å². The highest BCUT2D eigenvalue weighted by Gasteiger charge is 2.17. The highest BCUT2D eigenvalue weighted by Crippen LogP contribution is 2.29. The number of furan rings is 2. The van der Waals surface area contributed by atoms with E-state index in [1.165, 1.54) is 36.8 Å². The number of aromatic hydroxyl groups is 2. The maximum Gasteiger partial charge on any atom is 0.189 e. The topological polar surface area (TPSA) is 101 Å². The summed E-state index contributed by atoms with van der Waals surface area (Å²) in [6, 6.07) is 8.77. The van der Waals surface area contributed by atoms with E-state index in [1.54, 1.807) is 24.3 Å². The molecule has 0 amide bonds. The number of ketones is 2. The standard InChI is InChI=1S/C20H14O6/c21-17(7-5-13-3-1-9-25-13)15-11-16(20(24)12-19(15)23)18(22)8-6-14-4-2-10-26-14/h1-12,23-24H/b7-5+,8-6+. The van der Waals surface area contributed by atoms with Crippen LogP contribution in [0, 0.1) is 0 Å². The smallest absolute Gasteiger partial charge is 0.189 e. The molecule has 6 heteroatoms. The molecule has 0 fully saturated rings. The van der Waals surface area contributed by atoms with Crippen molar-refractivity contribution in [2.75, 3.05) is 0 Å². The van der Waals surface area contributed by atoms with Crippen LogP contribution in [0.15, 0.2) is 69.9 Å². The predicted molar refractivity (Wildman–Crippen MR) is 93.9 cm³/mol. The van der Waals surface area contributed by atoms with Crippen LogP contribution in [0.25, 0.3) is 12.2 Å². The lowest BCUT2D eigenvalue weighted by molar-refractivity contribution is 0.104. The van der Waals surface area contributed by atoms with Crippen LogP contribution in [-0.2, 0) is 0 Å². The maximum absolute atomic E-state index is 12.3. The minimum atomic E-state index is -0.539. The first-order chi connectivity index (χ1) is 12.5. The van der Waals surface area contributed by atoms with Gasteiger partial charge in [-0.15, -0.1) is 0 Å². The second-order valence-corrected chi connectivity index (χ2v) is 5.31. The molecule has 0 atom stereocenters. The van der Waals surface area contributed by atoms with Crippen molar-refractivity contribution >= 4 is 23.7 Å². The minimum absolute atomic E-state index is 0.111. The molecule has 3 rings (SSSR count). The van der Waals surface area contributed by atoms with Crippen LogP contribution in [-0.4, -0.2) is 21.8 Å². The van der Waals surface area contributed by atoms with Crippen LogP contribution in [0.2, 0.25) is 0 Å². The third kappa shape index (κ3) is 3.81. The minimum Gasteiger partial charge on any atom is -0.507 e. The summed E-state index contributed by atoms with van der Waals surface area (Å²) in [4.78, 5) is 24.6. The molecule has 0 saturated carbocycles. The average molecular weight is 350 g/mol.